The van der Waals surface area contributed by atoms with E-state index in [4.69, 9.17) is 14.2 Å². The van der Waals surface area contributed by atoms with Crippen LogP contribution in [0.15, 0.2) is 65.8 Å². The predicted molar refractivity (Wildman–Crippen MR) is 133 cm³/mol. The fraction of sp³-hybridized carbons (Fsp3) is 0.192. The Morgan fingerprint density at radius 3 is 2.33 bits per heavy atom. The summed E-state index contributed by atoms with van der Waals surface area (Å²) in [5.74, 6) is -0.546. The molecule has 0 aliphatic rings. The third-order valence-electron chi connectivity index (χ3n) is 4.83. The Morgan fingerprint density at radius 1 is 0.944 bits per heavy atom. The smallest absolute Gasteiger partial charge is 0.343 e. The SMILES string of the molecule is CCOc1cc(/C=N\NC(=O)COc2ccc(C)cc2[N+](=O)[O-])ccc1OC(=O)c1ccc(C)cc1. The summed E-state index contributed by atoms with van der Waals surface area (Å²) >= 11 is 0. The van der Waals surface area contributed by atoms with Gasteiger partial charge < -0.3 is 14.2 Å². The number of ether oxygens (including phenoxy) is 3. The summed E-state index contributed by atoms with van der Waals surface area (Å²) in [4.78, 5) is 35.1. The van der Waals surface area contributed by atoms with Gasteiger partial charge in [-0.3, -0.25) is 14.9 Å². The lowest BCUT2D eigenvalue weighted by Crippen LogP contribution is -2.24. The normalized spacial score (nSPS) is 10.6. The fourth-order valence-corrected chi connectivity index (χ4v) is 3.05. The van der Waals surface area contributed by atoms with E-state index < -0.39 is 23.4 Å². The molecule has 0 bridgehead atoms. The highest BCUT2D eigenvalue weighted by Gasteiger charge is 2.16. The van der Waals surface area contributed by atoms with Crippen molar-refractivity contribution in [1.82, 2.24) is 5.43 Å². The Kier molecular flexibility index (Phi) is 8.71. The van der Waals surface area contributed by atoms with Gasteiger partial charge in [0.1, 0.15) is 0 Å². The number of hydrazone groups is 1. The van der Waals surface area contributed by atoms with Gasteiger partial charge >= 0.3 is 11.7 Å². The molecule has 1 amide bonds. The summed E-state index contributed by atoms with van der Waals surface area (Å²) in [5.41, 5.74) is 4.78. The van der Waals surface area contributed by atoms with Crippen molar-refractivity contribution in [2.45, 2.75) is 20.8 Å². The zero-order valence-electron chi connectivity index (χ0n) is 20.0. The Morgan fingerprint density at radius 2 is 1.64 bits per heavy atom. The predicted octanol–water partition coefficient (Wildman–Crippen LogP) is 4.36. The van der Waals surface area contributed by atoms with Crippen molar-refractivity contribution in [1.29, 1.82) is 0 Å². The van der Waals surface area contributed by atoms with Crippen molar-refractivity contribution in [3.63, 3.8) is 0 Å². The van der Waals surface area contributed by atoms with E-state index in [0.717, 1.165) is 5.56 Å². The van der Waals surface area contributed by atoms with Gasteiger partial charge in [-0.25, -0.2) is 10.2 Å². The molecule has 0 radical (unpaired) electrons. The van der Waals surface area contributed by atoms with Crippen LogP contribution in [0.4, 0.5) is 5.69 Å². The number of amides is 1. The van der Waals surface area contributed by atoms with Gasteiger partial charge in [0.05, 0.1) is 23.3 Å². The molecule has 0 unspecified atom stereocenters. The number of carbonyl (C=O) groups excluding carboxylic acids is 2. The van der Waals surface area contributed by atoms with Crippen LogP contribution in [-0.2, 0) is 4.79 Å². The number of rotatable bonds is 10. The quantitative estimate of drug-likeness (QED) is 0.147. The van der Waals surface area contributed by atoms with Crippen LogP contribution in [0.1, 0.15) is 34.0 Å². The molecule has 0 spiro atoms. The van der Waals surface area contributed by atoms with Crippen molar-refractivity contribution in [3.05, 3.63) is 93.0 Å². The first-order chi connectivity index (χ1) is 17.3. The molecule has 10 heteroatoms. The second-order valence-corrected chi connectivity index (χ2v) is 7.70. The first-order valence-electron chi connectivity index (χ1n) is 11.0. The molecule has 0 aliphatic carbocycles. The van der Waals surface area contributed by atoms with Gasteiger partial charge in [-0.15, -0.1) is 0 Å². The third-order valence-corrected chi connectivity index (χ3v) is 4.83. The zero-order valence-corrected chi connectivity index (χ0v) is 20.0. The number of nitrogens with zero attached hydrogens (tertiary/aromatic N) is 2. The van der Waals surface area contributed by atoms with E-state index in [-0.39, 0.29) is 17.2 Å². The van der Waals surface area contributed by atoms with Gasteiger partial charge in [0.15, 0.2) is 23.9 Å². The van der Waals surface area contributed by atoms with Crippen LogP contribution in [0.3, 0.4) is 0 Å². The summed E-state index contributed by atoms with van der Waals surface area (Å²) in [5, 5.41) is 15.0. The summed E-state index contributed by atoms with van der Waals surface area (Å²) in [6.07, 6.45) is 1.38. The van der Waals surface area contributed by atoms with Crippen LogP contribution >= 0.6 is 0 Å². The van der Waals surface area contributed by atoms with E-state index >= 15 is 0 Å². The summed E-state index contributed by atoms with van der Waals surface area (Å²) in [6, 6.07) is 16.3. The second-order valence-electron chi connectivity index (χ2n) is 7.70. The maximum absolute atomic E-state index is 12.5. The monoisotopic (exact) mass is 491 g/mol. The lowest BCUT2D eigenvalue weighted by Gasteiger charge is -2.11. The van der Waals surface area contributed by atoms with E-state index in [1.165, 1.54) is 18.3 Å². The van der Waals surface area contributed by atoms with Gasteiger partial charge in [0, 0.05) is 6.07 Å². The highest BCUT2D eigenvalue weighted by Crippen LogP contribution is 2.29. The molecule has 3 rings (SSSR count). The van der Waals surface area contributed by atoms with E-state index in [1.807, 2.05) is 19.1 Å². The van der Waals surface area contributed by atoms with Crippen LogP contribution in [0, 0.1) is 24.0 Å². The lowest BCUT2D eigenvalue weighted by molar-refractivity contribution is -0.385. The molecule has 10 nitrogen and oxygen atoms in total. The highest BCUT2D eigenvalue weighted by molar-refractivity contribution is 5.91. The average molecular weight is 492 g/mol. The minimum absolute atomic E-state index is 0.0122. The van der Waals surface area contributed by atoms with E-state index in [9.17, 15) is 19.7 Å². The summed E-state index contributed by atoms with van der Waals surface area (Å²) < 4.78 is 16.3. The van der Waals surface area contributed by atoms with E-state index in [2.05, 4.69) is 10.5 Å². The number of nitrogens with one attached hydrogen (secondary N) is 1. The Labute approximate surface area is 207 Å². The Hall–Kier alpha value is -4.73. The fourth-order valence-electron chi connectivity index (χ4n) is 3.05. The maximum Gasteiger partial charge on any atom is 0.343 e. The van der Waals surface area contributed by atoms with Crippen molar-refractivity contribution in [2.75, 3.05) is 13.2 Å². The molecule has 0 aliphatic heterocycles. The molecular weight excluding hydrogens is 466 g/mol. The maximum atomic E-state index is 12.5. The number of aryl methyl sites for hydroxylation is 2. The van der Waals surface area contributed by atoms with Crippen LogP contribution in [0.5, 0.6) is 17.2 Å². The molecule has 0 atom stereocenters. The minimum atomic E-state index is -0.602. The first-order valence-corrected chi connectivity index (χ1v) is 11.0. The summed E-state index contributed by atoms with van der Waals surface area (Å²) in [6.45, 7) is 5.32. The van der Waals surface area contributed by atoms with E-state index in [1.54, 1.807) is 50.2 Å². The van der Waals surface area contributed by atoms with Gasteiger partial charge in [0.2, 0.25) is 0 Å². The number of esters is 1. The molecule has 0 saturated carbocycles. The Bertz CT molecular complexity index is 1290. The molecule has 0 aromatic heterocycles. The van der Waals surface area contributed by atoms with Crippen LogP contribution in [0.2, 0.25) is 0 Å². The van der Waals surface area contributed by atoms with Crippen molar-refractivity contribution in [2.24, 2.45) is 5.10 Å². The van der Waals surface area contributed by atoms with Crippen LogP contribution in [0.25, 0.3) is 0 Å². The van der Waals surface area contributed by atoms with Gasteiger partial charge in [-0.1, -0.05) is 23.8 Å². The number of carbonyl (C=O) groups is 2. The molecule has 3 aromatic rings. The number of hydrogen-bond donors (Lipinski definition) is 1. The topological polar surface area (TPSA) is 129 Å². The van der Waals surface area contributed by atoms with Crippen molar-refractivity contribution >= 4 is 23.8 Å². The van der Waals surface area contributed by atoms with Crippen molar-refractivity contribution in [3.8, 4) is 17.2 Å². The molecule has 186 valence electrons. The van der Waals surface area contributed by atoms with Crippen LogP contribution < -0.4 is 19.6 Å². The highest BCUT2D eigenvalue weighted by atomic mass is 16.6. The minimum Gasteiger partial charge on any atom is -0.490 e. The molecule has 0 heterocycles. The number of hydrogen-bond acceptors (Lipinski definition) is 8. The number of benzene rings is 3. The lowest BCUT2D eigenvalue weighted by atomic mass is 10.1. The first kappa shape index (κ1) is 25.9. The average Bonchev–Trinajstić information content (AvgIpc) is 2.85. The molecule has 0 fully saturated rings. The number of nitro groups is 1. The van der Waals surface area contributed by atoms with Crippen LogP contribution in [-0.4, -0.2) is 36.2 Å². The van der Waals surface area contributed by atoms with E-state index in [0.29, 0.717) is 29.0 Å². The van der Waals surface area contributed by atoms with Crippen molar-refractivity contribution < 1.29 is 28.7 Å². The molecule has 1 N–H and O–H groups in total. The summed E-state index contributed by atoms with van der Waals surface area (Å²) in [7, 11) is 0. The molecule has 36 heavy (non-hydrogen) atoms. The standard InChI is InChI=1S/C26H25N3O7/c1-4-34-24-14-19(8-12-23(24)36-26(31)20-9-5-17(2)6-10-20)15-27-28-25(30)16-35-22-11-7-18(3)13-21(22)29(32)33/h5-15H,4,16H2,1-3H3,(H,28,30)/b27-15-. The molecule has 0 saturated heterocycles. The zero-order chi connectivity index (χ0) is 26.1. The second kappa shape index (κ2) is 12.1. The molecular formula is C26H25N3O7. The van der Waals surface area contributed by atoms with Gasteiger partial charge in [-0.2, -0.15) is 5.10 Å². The van der Waals surface area contributed by atoms with Gasteiger partial charge in [-0.05, 0) is 68.3 Å². The largest absolute Gasteiger partial charge is 0.490 e. The third kappa shape index (κ3) is 7.13. The molecule has 3 aromatic carbocycles. The number of nitro benzene ring substituents is 1. The van der Waals surface area contributed by atoms with Gasteiger partial charge in [0.25, 0.3) is 5.91 Å². The Balaban J connectivity index is 1.61.